The highest BCUT2D eigenvalue weighted by molar-refractivity contribution is 5.47. The molecule has 1 atom stereocenters. The van der Waals surface area contributed by atoms with Crippen molar-refractivity contribution in [3.8, 4) is 5.75 Å². The largest absolute Gasteiger partial charge is 0.491 e. The molecule has 2 aromatic carbocycles. The van der Waals surface area contributed by atoms with Crippen molar-refractivity contribution < 1.29 is 14.6 Å². The molecule has 21 heavy (non-hydrogen) atoms. The predicted molar refractivity (Wildman–Crippen MR) is 83.3 cm³/mol. The molecule has 0 spiro atoms. The molecule has 1 unspecified atom stereocenters. The molecule has 4 nitrogen and oxygen atoms in total. The van der Waals surface area contributed by atoms with Gasteiger partial charge in [-0.05, 0) is 30.2 Å². The summed E-state index contributed by atoms with van der Waals surface area (Å²) in [5.74, 6) is 0.727. The fourth-order valence-corrected chi connectivity index (χ4v) is 2.05. The Kier molecular flexibility index (Phi) is 5.60. The molecule has 4 heteroatoms. The Morgan fingerprint density at radius 1 is 1.10 bits per heavy atom. The fraction of sp³-hybridized carbons (Fsp3) is 0.294. The molecule has 0 bridgehead atoms. The van der Waals surface area contributed by atoms with Crippen LogP contribution in [0.2, 0.25) is 0 Å². The van der Waals surface area contributed by atoms with Crippen LogP contribution in [0.1, 0.15) is 17.2 Å². The van der Waals surface area contributed by atoms with Gasteiger partial charge in [-0.1, -0.05) is 30.3 Å². The van der Waals surface area contributed by atoms with Crippen LogP contribution in [-0.4, -0.2) is 25.4 Å². The molecule has 0 aliphatic rings. The number of hydrogen-bond donors (Lipinski definition) is 2. The van der Waals surface area contributed by atoms with Gasteiger partial charge in [-0.15, -0.1) is 0 Å². The lowest BCUT2D eigenvalue weighted by Crippen LogP contribution is -2.11. The SMILES string of the molecule is COCCc1ccc(OCC(O)c2ccccc2N)cc1. The lowest BCUT2D eigenvalue weighted by molar-refractivity contribution is 0.109. The van der Waals surface area contributed by atoms with E-state index in [1.807, 2.05) is 36.4 Å². The van der Waals surface area contributed by atoms with E-state index in [1.165, 1.54) is 5.56 Å². The molecule has 0 aliphatic carbocycles. The zero-order valence-corrected chi connectivity index (χ0v) is 12.2. The number of ether oxygens (including phenoxy) is 2. The monoisotopic (exact) mass is 287 g/mol. The Bertz CT molecular complexity index is 554. The Morgan fingerprint density at radius 2 is 1.81 bits per heavy atom. The molecule has 0 fully saturated rings. The van der Waals surface area contributed by atoms with Crippen LogP contribution in [0.4, 0.5) is 5.69 Å². The summed E-state index contributed by atoms with van der Waals surface area (Å²) in [7, 11) is 1.69. The first-order chi connectivity index (χ1) is 10.2. The summed E-state index contributed by atoms with van der Waals surface area (Å²) in [6.45, 7) is 0.873. The first-order valence-electron chi connectivity index (χ1n) is 6.94. The number of benzene rings is 2. The van der Waals surface area contributed by atoms with Crippen molar-refractivity contribution in [2.24, 2.45) is 0 Å². The van der Waals surface area contributed by atoms with E-state index in [9.17, 15) is 5.11 Å². The molecular formula is C17H21NO3. The van der Waals surface area contributed by atoms with E-state index < -0.39 is 6.10 Å². The summed E-state index contributed by atoms with van der Waals surface area (Å²) in [5.41, 5.74) is 8.28. The molecule has 0 heterocycles. The topological polar surface area (TPSA) is 64.7 Å². The van der Waals surface area contributed by atoms with Crippen molar-refractivity contribution in [3.63, 3.8) is 0 Å². The lowest BCUT2D eigenvalue weighted by atomic mass is 10.1. The Morgan fingerprint density at radius 3 is 2.48 bits per heavy atom. The van der Waals surface area contributed by atoms with Crippen LogP contribution >= 0.6 is 0 Å². The van der Waals surface area contributed by atoms with Crippen molar-refractivity contribution in [3.05, 3.63) is 59.7 Å². The van der Waals surface area contributed by atoms with Gasteiger partial charge in [0.15, 0.2) is 0 Å². The van der Waals surface area contributed by atoms with Crippen molar-refractivity contribution in [1.82, 2.24) is 0 Å². The molecule has 0 aliphatic heterocycles. The van der Waals surface area contributed by atoms with Gasteiger partial charge in [0.2, 0.25) is 0 Å². The average Bonchev–Trinajstić information content (AvgIpc) is 2.52. The number of methoxy groups -OCH3 is 1. The van der Waals surface area contributed by atoms with E-state index in [0.29, 0.717) is 17.9 Å². The van der Waals surface area contributed by atoms with Gasteiger partial charge in [-0.25, -0.2) is 0 Å². The third-order valence-corrected chi connectivity index (χ3v) is 3.28. The Hall–Kier alpha value is -2.04. The second kappa shape index (κ2) is 7.67. The first-order valence-corrected chi connectivity index (χ1v) is 6.94. The molecule has 3 N–H and O–H groups in total. The first kappa shape index (κ1) is 15.4. The van der Waals surface area contributed by atoms with E-state index in [-0.39, 0.29) is 6.61 Å². The van der Waals surface area contributed by atoms with Gasteiger partial charge in [0, 0.05) is 18.4 Å². The smallest absolute Gasteiger partial charge is 0.119 e. The molecular weight excluding hydrogens is 266 g/mol. The van der Waals surface area contributed by atoms with Crippen molar-refractivity contribution in [2.75, 3.05) is 26.1 Å². The van der Waals surface area contributed by atoms with Gasteiger partial charge in [0.25, 0.3) is 0 Å². The third kappa shape index (κ3) is 4.48. The molecule has 0 aromatic heterocycles. The molecule has 0 amide bonds. The summed E-state index contributed by atoms with van der Waals surface area (Å²) >= 11 is 0. The Labute approximate surface area is 125 Å². The highest BCUT2D eigenvalue weighted by atomic mass is 16.5. The standard InChI is InChI=1S/C17H21NO3/c1-20-11-10-13-6-8-14(9-7-13)21-12-17(19)15-4-2-3-5-16(15)18/h2-9,17,19H,10-12,18H2,1H3. The second-order valence-corrected chi connectivity index (χ2v) is 4.84. The van der Waals surface area contributed by atoms with Crippen LogP contribution in [0.5, 0.6) is 5.75 Å². The third-order valence-electron chi connectivity index (χ3n) is 3.28. The minimum Gasteiger partial charge on any atom is -0.491 e. The normalized spacial score (nSPS) is 12.1. The van der Waals surface area contributed by atoms with E-state index in [1.54, 1.807) is 19.2 Å². The number of nitrogens with two attached hydrogens (primary N) is 1. The van der Waals surface area contributed by atoms with Gasteiger partial charge in [0.1, 0.15) is 18.5 Å². The number of para-hydroxylation sites is 1. The highest BCUT2D eigenvalue weighted by Gasteiger charge is 2.11. The highest BCUT2D eigenvalue weighted by Crippen LogP contribution is 2.21. The van der Waals surface area contributed by atoms with E-state index in [4.69, 9.17) is 15.2 Å². The fourth-order valence-electron chi connectivity index (χ4n) is 2.05. The average molecular weight is 287 g/mol. The van der Waals surface area contributed by atoms with Crippen LogP contribution < -0.4 is 10.5 Å². The molecule has 2 rings (SSSR count). The second-order valence-electron chi connectivity index (χ2n) is 4.84. The van der Waals surface area contributed by atoms with Crippen molar-refractivity contribution >= 4 is 5.69 Å². The molecule has 0 saturated heterocycles. The van der Waals surface area contributed by atoms with E-state index >= 15 is 0 Å². The summed E-state index contributed by atoms with van der Waals surface area (Å²) in [6, 6.07) is 15.0. The molecule has 0 saturated carbocycles. The molecule has 112 valence electrons. The minimum absolute atomic E-state index is 0.172. The van der Waals surface area contributed by atoms with Gasteiger partial charge < -0.3 is 20.3 Å². The Balaban J connectivity index is 1.89. The van der Waals surface area contributed by atoms with Crippen LogP contribution in [0.25, 0.3) is 0 Å². The summed E-state index contributed by atoms with van der Waals surface area (Å²) in [4.78, 5) is 0. The van der Waals surface area contributed by atoms with Crippen molar-refractivity contribution in [1.29, 1.82) is 0 Å². The number of aliphatic hydroxyl groups is 1. The van der Waals surface area contributed by atoms with Crippen LogP contribution in [-0.2, 0) is 11.2 Å². The van der Waals surface area contributed by atoms with Crippen molar-refractivity contribution in [2.45, 2.75) is 12.5 Å². The van der Waals surface area contributed by atoms with Gasteiger partial charge in [0.05, 0.1) is 6.61 Å². The van der Waals surface area contributed by atoms with Crippen LogP contribution in [0.3, 0.4) is 0 Å². The van der Waals surface area contributed by atoms with E-state index in [2.05, 4.69) is 0 Å². The zero-order chi connectivity index (χ0) is 15.1. The summed E-state index contributed by atoms with van der Waals surface area (Å²) in [6.07, 6.45) is 0.138. The number of aliphatic hydroxyl groups excluding tert-OH is 1. The lowest BCUT2D eigenvalue weighted by Gasteiger charge is -2.14. The minimum atomic E-state index is -0.737. The predicted octanol–water partition coefficient (Wildman–Crippen LogP) is 2.57. The van der Waals surface area contributed by atoms with E-state index in [0.717, 1.165) is 12.2 Å². The van der Waals surface area contributed by atoms with Gasteiger partial charge in [-0.2, -0.15) is 0 Å². The van der Waals surface area contributed by atoms with Gasteiger partial charge in [-0.3, -0.25) is 0 Å². The number of nitrogen functional groups attached to an aromatic ring is 1. The number of hydrogen-bond acceptors (Lipinski definition) is 4. The quantitative estimate of drug-likeness (QED) is 0.768. The maximum Gasteiger partial charge on any atom is 0.119 e. The van der Waals surface area contributed by atoms with Gasteiger partial charge >= 0.3 is 0 Å². The zero-order valence-electron chi connectivity index (χ0n) is 12.2. The number of rotatable bonds is 7. The summed E-state index contributed by atoms with van der Waals surface area (Å²) in [5, 5.41) is 10.1. The maximum atomic E-state index is 10.1. The maximum absolute atomic E-state index is 10.1. The molecule has 0 radical (unpaired) electrons. The number of anilines is 1. The van der Waals surface area contributed by atoms with Crippen LogP contribution in [0.15, 0.2) is 48.5 Å². The summed E-state index contributed by atoms with van der Waals surface area (Å²) < 4.78 is 10.6. The van der Waals surface area contributed by atoms with Crippen LogP contribution in [0, 0.1) is 0 Å². The molecule has 2 aromatic rings.